The van der Waals surface area contributed by atoms with E-state index in [4.69, 9.17) is 11.6 Å². The van der Waals surface area contributed by atoms with Crippen molar-refractivity contribution >= 4 is 52.2 Å². The van der Waals surface area contributed by atoms with Gasteiger partial charge in [0.25, 0.3) is 11.1 Å². The highest BCUT2D eigenvalue weighted by Crippen LogP contribution is 2.34. The van der Waals surface area contributed by atoms with E-state index in [1.807, 2.05) is 19.1 Å². The van der Waals surface area contributed by atoms with Gasteiger partial charge in [0, 0.05) is 11.3 Å². The third-order valence-electron chi connectivity index (χ3n) is 3.87. The number of imide groups is 1. The van der Waals surface area contributed by atoms with Crippen LogP contribution in [0.25, 0.3) is 6.08 Å². The van der Waals surface area contributed by atoms with Crippen molar-refractivity contribution in [3.05, 3.63) is 69.3 Å². The van der Waals surface area contributed by atoms with Crippen molar-refractivity contribution < 1.29 is 18.8 Å². The highest BCUT2D eigenvalue weighted by atomic mass is 35.5. The zero-order valence-corrected chi connectivity index (χ0v) is 15.7. The number of anilines is 1. The lowest BCUT2D eigenvalue weighted by atomic mass is 10.2. The molecule has 27 heavy (non-hydrogen) atoms. The molecule has 0 saturated carbocycles. The van der Waals surface area contributed by atoms with Crippen LogP contribution in [0, 0.1) is 12.7 Å². The fraction of sp³-hybridized carbons (Fsp3) is 0.105. The molecule has 138 valence electrons. The Morgan fingerprint density at radius 3 is 2.67 bits per heavy atom. The second-order valence-corrected chi connectivity index (χ2v) is 7.17. The zero-order chi connectivity index (χ0) is 19.6. The average Bonchev–Trinajstić information content (AvgIpc) is 2.88. The first-order valence-corrected chi connectivity index (χ1v) is 9.11. The van der Waals surface area contributed by atoms with E-state index in [2.05, 4.69) is 5.32 Å². The van der Waals surface area contributed by atoms with E-state index in [0.717, 1.165) is 10.5 Å². The molecule has 1 aliphatic heterocycles. The molecule has 0 spiro atoms. The third-order valence-corrected chi connectivity index (χ3v) is 5.11. The summed E-state index contributed by atoms with van der Waals surface area (Å²) in [5.74, 6) is -1.77. The summed E-state index contributed by atoms with van der Waals surface area (Å²) >= 11 is 6.59. The van der Waals surface area contributed by atoms with Crippen molar-refractivity contribution in [2.45, 2.75) is 6.92 Å². The fourth-order valence-electron chi connectivity index (χ4n) is 2.46. The van der Waals surface area contributed by atoms with Crippen LogP contribution in [0.1, 0.15) is 11.1 Å². The normalized spacial score (nSPS) is 15.5. The summed E-state index contributed by atoms with van der Waals surface area (Å²) in [6.07, 6.45) is 1.22. The molecule has 8 heteroatoms. The molecule has 1 aliphatic rings. The minimum Gasteiger partial charge on any atom is -0.324 e. The van der Waals surface area contributed by atoms with Gasteiger partial charge in [0.15, 0.2) is 0 Å². The molecule has 1 heterocycles. The van der Waals surface area contributed by atoms with Gasteiger partial charge >= 0.3 is 0 Å². The van der Waals surface area contributed by atoms with Gasteiger partial charge in [-0.2, -0.15) is 0 Å². The maximum atomic E-state index is 13.9. The van der Waals surface area contributed by atoms with Gasteiger partial charge in [0.05, 0.1) is 9.93 Å². The molecular weight excluding hydrogens is 391 g/mol. The number of nitrogens with zero attached hydrogens (tertiary/aromatic N) is 1. The second-order valence-electron chi connectivity index (χ2n) is 5.77. The van der Waals surface area contributed by atoms with E-state index < -0.39 is 29.4 Å². The molecule has 1 N–H and O–H groups in total. The number of carbonyl (C=O) groups excluding carboxylic acids is 3. The third kappa shape index (κ3) is 4.20. The van der Waals surface area contributed by atoms with Crippen molar-refractivity contribution in [3.63, 3.8) is 0 Å². The smallest absolute Gasteiger partial charge is 0.294 e. The van der Waals surface area contributed by atoms with E-state index in [0.29, 0.717) is 17.4 Å². The minimum absolute atomic E-state index is 0.00990. The molecule has 5 nitrogen and oxygen atoms in total. The van der Waals surface area contributed by atoms with Crippen molar-refractivity contribution in [2.24, 2.45) is 0 Å². The molecule has 0 aromatic heterocycles. The summed E-state index contributed by atoms with van der Waals surface area (Å²) in [6.45, 7) is 1.40. The summed E-state index contributed by atoms with van der Waals surface area (Å²) in [5, 5.41) is 2.19. The molecule has 1 fully saturated rings. The highest BCUT2D eigenvalue weighted by Gasteiger charge is 2.36. The maximum Gasteiger partial charge on any atom is 0.294 e. The Morgan fingerprint density at radius 1 is 1.22 bits per heavy atom. The molecule has 0 radical (unpaired) electrons. The molecule has 0 bridgehead atoms. The standard InChI is InChI=1S/C19H14ClFN2O3S/c1-11-5-2-3-8-15(11)22-17(24)10-23-18(25)16(27-19(23)26)9-12-13(20)6-4-7-14(12)21/h2-9H,10H2,1H3,(H,22,24)/b16-9-. The Bertz CT molecular complexity index is 957. The molecule has 2 aromatic rings. The number of rotatable bonds is 4. The monoisotopic (exact) mass is 404 g/mol. The van der Waals surface area contributed by atoms with E-state index >= 15 is 0 Å². The zero-order valence-electron chi connectivity index (χ0n) is 14.2. The number of nitrogens with one attached hydrogen (secondary N) is 1. The molecule has 0 aliphatic carbocycles. The van der Waals surface area contributed by atoms with Gasteiger partial charge in [-0.1, -0.05) is 35.9 Å². The van der Waals surface area contributed by atoms with Crippen molar-refractivity contribution in [2.75, 3.05) is 11.9 Å². The predicted octanol–water partition coefficient (Wildman–Crippen LogP) is 4.46. The van der Waals surface area contributed by atoms with Crippen molar-refractivity contribution in [1.82, 2.24) is 4.90 Å². The number of carbonyl (C=O) groups is 3. The van der Waals surface area contributed by atoms with E-state index in [1.165, 1.54) is 24.3 Å². The van der Waals surface area contributed by atoms with Gasteiger partial charge in [-0.05, 0) is 48.5 Å². The van der Waals surface area contributed by atoms with Crippen LogP contribution in [0.5, 0.6) is 0 Å². The molecular formula is C19H14ClFN2O3S. The topological polar surface area (TPSA) is 66.5 Å². The number of hydrogen-bond donors (Lipinski definition) is 1. The Balaban J connectivity index is 1.76. The van der Waals surface area contributed by atoms with Crippen LogP contribution < -0.4 is 5.32 Å². The Kier molecular flexibility index (Phi) is 5.62. The van der Waals surface area contributed by atoms with Gasteiger partial charge in [-0.25, -0.2) is 4.39 Å². The van der Waals surface area contributed by atoms with Gasteiger partial charge in [0.1, 0.15) is 12.4 Å². The number of para-hydroxylation sites is 1. The van der Waals surface area contributed by atoms with Crippen molar-refractivity contribution in [3.8, 4) is 0 Å². The van der Waals surface area contributed by atoms with E-state index in [-0.39, 0.29) is 15.5 Å². The lowest BCUT2D eigenvalue weighted by Gasteiger charge is -2.13. The maximum absolute atomic E-state index is 13.9. The molecule has 3 rings (SSSR count). The molecule has 2 aromatic carbocycles. The van der Waals surface area contributed by atoms with E-state index in [9.17, 15) is 18.8 Å². The fourth-order valence-corrected chi connectivity index (χ4v) is 3.50. The minimum atomic E-state index is -0.663. The lowest BCUT2D eigenvalue weighted by molar-refractivity contribution is -0.127. The first-order valence-electron chi connectivity index (χ1n) is 7.91. The summed E-state index contributed by atoms with van der Waals surface area (Å²) in [6, 6.07) is 11.3. The molecule has 3 amide bonds. The molecule has 0 unspecified atom stereocenters. The van der Waals surface area contributed by atoms with Crippen LogP contribution in [0.3, 0.4) is 0 Å². The Labute approximate surface area is 164 Å². The Morgan fingerprint density at radius 2 is 1.96 bits per heavy atom. The first-order chi connectivity index (χ1) is 12.9. The number of halogens is 2. The highest BCUT2D eigenvalue weighted by molar-refractivity contribution is 8.18. The summed E-state index contributed by atoms with van der Waals surface area (Å²) in [5.41, 5.74) is 1.48. The van der Waals surface area contributed by atoms with Crippen LogP contribution in [0.2, 0.25) is 5.02 Å². The van der Waals surface area contributed by atoms with Crippen molar-refractivity contribution in [1.29, 1.82) is 0 Å². The lowest BCUT2D eigenvalue weighted by Crippen LogP contribution is -2.36. The quantitative estimate of drug-likeness (QED) is 0.764. The van der Waals surface area contributed by atoms with Crippen LogP contribution in [0.15, 0.2) is 47.4 Å². The number of amides is 3. The van der Waals surface area contributed by atoms with Crippen LogP contribution in [0.4, 0.5) is 14.9 Å². The average molecular weight is 405 g/mol. The first kappa shape index (κ1) is 19.1. The van der Waals surface area contributed by atoms with Gasteiger partial charge in [-0.15, -0.1) is 0 Å². The number of aryl methyl sites for hydroxylation is 1. The summed E-state index contributed by atoms with van der Waals surface area (Å²) in [7, 11) is 0. The summed E-state index contributed by atoms with van der Waals surface area (Å²) in [4.78, 5) is 37.6. The summed E-state index contributed by atoms with van der Waals surface area (Å²) < 4.78 is 13.9. The SMILES string of the molecule is Cc1ccccc1NC(=O)CN1C(=O)S/C(=C\c2c(F)cccc2Cl)C1=O. The number of benzene rings is 2. The van der Waals surface area contributed by atoms with Crippen LogP contribution in [-0.2, 0) is 9.59 Å². The Hall–Kier alpha value is -2.64. The second kappa shape index (κ2) is 7.94. The van der Waals surface area contributed by atoms with Gasteiger partial charge in [-0.3, -0.25) is 19.3 Å². The largest absolute Gasteiger partial charge is 0.324 e. The van der Waals surface area contributed by atoms with E-state index in [1.54, 1.807) is 12.1 Å². The molecule has 1 saturated heterocycles. The van der Waals surface area contributed by atoms with Gasteiger partial charge in [0.2, 0.25) is 5.91 Å². The van der Waals surface area contributed by atoms with Gasteiger partial charge < -0.3 is 5.32 Å². The van der Waals surface area contributed by atoms with Crippen LogP contribution >= 0.6 is 23.4 Å². The number of thioether (sulfide) groups is 1. The molecule has 0 atom stereocenters. The predicted molar refractivity (Wildman–Crippen MR) is 104 cm³/mol. The van der Waals surface area contributed by atoms with Crippen LogP contribution in [-0.4, -0.2) is 28.5 Å². The number of hydrogen-bond acceptors (Lipinski definition) is 4.